The minimum absolute atomic E-state index is 0.0775. The number of nitrogens with one attached hydrogen (secondary N) is 2. The number of rotatable bonds is 3. The van der Waals surface area contributed by atoms with Crippen molar-refractivity contribution in [2.75, 3.05) is 12.3 Å². The third kappa shape index (κ3) is 2.66. The van der Waals surface area contributed by atoms with E-state index in [2.05, 4.69) is 22.5 Å². The highest BCUT2D eigenvalue weighted by Gasteiger charge is 2.12. The van der Waals surface area contributed by atoms with Gasteiger partial charge in [-0.25, -0.2) is 0 Å². The van der Waals surface area contributed by atoms with Crippen LogP contribution in [0.2, 0.25) is 0 Å². The van der Waals surface area contributed by atoms with Crippen molar-refractivity contribution < 1.29 is 4.79 Å². The lowest BCUT2D eigenvalue weighted by atomic mass is 9.94. The molecular weight excluding hydrogens is 202 g/mol. The SMILES string of the molecule is Nc1c[nH]c(C(=O)NCC2CC=CCC2)c1. The highest BCUT2D eigenvalue weighted by atomic mass is 16.1. The van der Waals surface area contributed by atoms with Crippen molar-refractivity contribution in [3.63, 3.8) is 0 Å². The maximum atomic E-state index is 11.7. The van der Waals surface area contributed by atoms with Gasteiger partial charge in [-0.05, 0) is 31.2 Å². The van der Waals surface area contributed by atoms with E-state index < -0.39 is 0 Å². The fourth-order valence-electron chi connectivity index (χ4n) is 1.92. The second kappa shape index (κ2) is 4.88. The molecule has 0 radical (unpaired) electrons. The Kier molecular flexibility index (Phi) is 3.29. The van der Waals surface area contributed by atoms with Crippen molar-refractivity contribution in [1.29, 1.82) is 0 Å². The first-order chi connectivity index (χ1) is 7.75. The number of allylic oxidation sites excluding steroid dienone is 2. The molecule has 1 amide bonds. The zero-order valence-electron chi connectivity index (χ0n) is 9.20. The normalized spacial score (nSPS) is 19.6. The van der Waals surface area contributed by atoms with Crippen LogP contribution in [0.25, 0.3) is 0 Å². The van der Waals surface area contributed by atoms with Gasteiger partial charge >= 0.3 is 0 Å². The van der Waals surface area contributed by atoms with E-state index in [1.807, 2.05) is 0 Å². The van der Waals surface area contributed by atoms with Crippen LogP contribution in [0.4, 0.5) is 5.69 Å². The summed E-state index contributed by atoms with van der Waals surface area (Å²) in [5.74, 6) is 0.493. The Labute approximate surface area is 94.9 Å². The number of amides is 1. The minimum atomic E-state index is -0.0775. The summed E-state index contributed by atoms with van der Waals surface area (Å²) < 4.78 is 0. The number of carbonyl (C=O) groups is 1. The van der Waals surface area contributed by atoms with Crippen molar-refractivity contribution >= 4 is 11.6 Å². The van der Waals surface area contributed by atoms with Gasteiger partial charge in [0, 0.05) is 18.4 Å². The number of nitrogens with two attached hydrogens (primary N) is 1. The molecule has 0 saturated heterocycles. The van der Waals surface area contributed by atoms with E-state index in [0.717, 1.165) is 25.8 Å². The second-order valence-electron chi connectivity index (χ2n) is 4.21. The lowest BCUT2D eigenvalue weighted by molar-refractivity contribution is 0.0942. The Morgan fingerprint density at radius 2 is 2.44 bits per heavy atom. The Balaban J connectivity index is 1.81. The van der Waals surface area contributed by atoms with Crippen molar-refractivity contribution in [3.05, 3.63) is 30.1 Å². The highest BCUT2D eigenvalue weighted by Crippen LogP contribution is 2.17. The van der Waals surface area contributed by atoms with Crippen LogP contribution >= 0.6 is 0 Å². The maximum absolute atomic E-state index is 11.7. The molecule has 86 valence electrons. The molecule has 16 heavy (non-hydrogen) atoms. The summed E-state index contributed by atoms with van der Waals surface area (Å²) in [6, 6.07) is 1.65. The molecular formula is C12H17N3O. The van der Waals surface area contributed by atoms with Crippen LogP contribution in [-0.4, -0.2) is 17.4 Å². The van der Waals surface area contributed by atoms with E-state index in [1.54, 1.807) is 12.3 Å². The quantitative estimate of drug-likeness (QED) is 0.677. The molecule has 1 aliphatic rings. The molecule has 1 unspecified atom stereocenters. The van der Waals surface area contributed by atoms with Crippen LogP contribution in [0.1, 0.15) is 29.8 Å². The molecule has 1 aromatic heterocycles. The first-order valence-electron chi connectivity index (χ1n) is 5.63. The number of anilines is 1. The molecule has 1 aromatic rings. The number of hydrogen-bond acceptors (Lipinski definition) is 2. The number of aromatic nitrogens is 1. The summed E-state index contributed by atoms with van der Waals surface area (Å²) in [6.07, 6.45) is 9.35. The first kappa shape index (κ1) is 10.8. The van der Waals surface area contributed by atoms with E-state index >= 15 is 0 Å². The topological polar surface area (TPSA) is 70.9 Å². The zero-order valence-corrected chi connectivity index (χ0v) is 9.20. The molecule has 1 heterocycles. The van der Waals surface area contributed by atoms with E-state index in [9.17, 15) is 4.79 Å². The smallest absolute Gasteiger partial charge is 0.267 e. The van der Waals surface area contributed by atoms with Crippen molar-refractivity contribution in [3.8, 4) is 0 Å². The molecule has 4 nitrogen and oxygen atoms in total. The first-order valence-corrected chi connectivity index (χ1v) is 5.63. The number of nitrogen functional groups attached to an aromatic ring is 1. The van der Waals surface area contributed by atoms with E-state index in [1.165, 1.54) is 0 Å². The molecule has 0 bridgehead atoms. The summed E-state index contributed by atoms with van der Waals surface area (Å²) in [5.41, 5.74) is 6.65. The van der Waals surface area contributed by atoms with Gasteiger partial charge < -0.3 is 16.0 Å². The van der Waals surface area contributed by atoms with Gasteiger partial charge in [0.25, 0.3) is 5.91 Å². The number of H-pyrrole nitrogens is 1. The number of aromatic amines is 1. The summed E-state index contributed by atoms with van der Waals surface area (Å²) in [5, 5.41) is 2.92. The number of hydrogen-bond donors (Lipinski definition) is 3. The maximum Gasteiger partial charge on any atom is 0.267 e. The van der Waals surface area contributed by atoms with Gasteiger partial charge in [-0.15, -0.1) is 0 Å². The molecule has 0 aliphatic heterocycles. The molecule has 1 aliphatic carbocycles. The Bertz CT molecular complexity index is 395. The van der Waals surface area contributed by atoms with Gasteiger partial charge in [-0.3, -0.25) is 4.79 Å². The average Bonchev–Trinajstić information content (AvgIpc) is 2.74. The monoisotopic (exact) mass is 219 g/mol. The molecule has 0 fully saturated rings. The number of carbonyl (C=O) groups excluding carboxylic acids is 1. The molecule has 1 atom stereocenters. The van der Waals surface area contributed by atoms with Crippen LogP contribution in [0.15, 0.2) is 24.4 Å². The summed E-state index contributed by atoms with van der Waals surface area (Å²) in [6.45, 7) is 0.738. The fourth-order valence-corrected chi connectivity index (χ4v) is 1.92. The summed E-state index contributed by atoms with van der Waals surface area (Å²) >= 11 is 0. The van der Waals surface area contributed by atoms with Gasteiger partial charge in [-0.2, -0.15) is 0 Å². The summed E-state index contributed by atoms with van der Waals surface area (Å²) in [7, 11) is 0. The molecule has 0 spiro atoms. The van der Waals surface area contributed by atoms with E-state index in [-0.39, 0.29) is 5.91 Å². The molecule has 2 rings (SSSR count). The van der Waals surface area contributed by atoms with Crippen LogP contribution in [0, 0.1) is 5.92 Å². The van der Waals surface area contributed by atoms with Crippen molar-refractivity contribution in [2.24, 2.45) is 5.92 Å². The van der Waals surface area contributed by atoms with E-state index in [4.69, 9.17) is 5.73 Å². The lowest BCUT2D eigenvalue weighted by Gasteiger charge is -2.17. The van der Waals surface area contributed by atoms with Crippen LogP contribution in [-0.2, 0) is 0 Å². The van der Waals surface area contributed by atoms with Gasteiger partial charge in [0.2, 0.25) is 0 Å². The van der Waals surface area contributed by atoms with Crippen LogP contribution in [0.5, 0.6) is 0 Å². The lowest BCUT2D eigenvalue weighted by Crippen LogP contribution is -2.29. The van der Waals surface area contributed by atoms with Gasteiger partial charge in [0.15, 0.2) is 0 Å². The Morgan fingerprint density at radius 3 is 3.06 bits per heavy atom. The van der Waals surface area contributed by atoms with Crippen molar-refractivity contribution in [2.45, 2.75) is 19.3 Å². The van der Waals surface area contributed by atoms with E-state index in [0.29, 0.717) is 17.3 Å². The average molecular weight is 219 g/mol. The third-order valence-electron chi connectivity index (χ3n) is 2.88. The third-order valence-corrected chi connectivity index (χ3v) is 2.88. The predicted molar refractivity (Wildman–Crippen MR) is 64.0 cm³/mol. The highest BCUT2D eigenvalue weighted by molar-refractivity contribution is 5.93. The summed E-state index contributed by atoms with van der Waals surface area (Å²) in [4.78, 5) is 14.5. The van der Waals surface area contributed by atoms with Gasteiger partial charge in [0.05, 0.1) is 0 Å². The Hall–Kier alpha value is -1.71. The van der Waals surface area contributed by atoms with Gasteiger partial charge in [0.1, 0.15) is 5.69 Å². The predicted octanol–water partition coefficient (Wildman–Crippen LogP) is 1.68. The van der Waals surface area contributed by atoms with Crippen LogP contribution in [0.3, 0.4) is 0 Å². The molecule has 0 aromatic carbocycles. The van der Waals surface area contributed by atoms with Crippen LogP contribution < -0.4 is 11.1 Å². The molecule has 4 heteroatoms. The largest absolute Gasteiger partial charge is 0.397 e. The standard InChI is InChI=1S/C12H17N3O/c13-10-6-11(14-8-10)12(16)15-7-9-4-2-1-3-5-9/h1-2,6,8-9,14H,3-5,7,13H2,(H,15,16). The molecule has 0 saturated carbocycles. The Morgan fingerprint density at radius 1 is 1.56 bits per heavy atom. The zero-order chi connectivity index (χ0) is 11.4. The fraction of sp³-hybridized carbons (Fsp3) is 0.417. The van der Waals surface area contributed by atoms with Gasteiger partial charge in [-0.1, -0.05) is 12.2 Å². The van der Waals surface area contributed by atoms with Crippen molar-refractivity contribution in [1.82, 2.24) is 10.3 Å². The molecule has 4 N–H and O–H groups in total. The second-order valence-corrected chi connectivity index (χ2v) is 4.21. The minimum Gasteiger partial charge on any atom is -0.397 e.